The monoisotopic (exact) mass is 254 g/mol. The van der Waals surface area contributed by atoms with Crippen molar-refractivity contribution >= 4 is 17.1 Å². The van der Waals surface area contributed by atoms with Gasteiger partial charge in [0, 0.05) is 6.54 Å². The van der Waals surface area contributed by atoms with Crippen LogP contribution in [0.3, 0.4) is 0 Å². The number of hydrogen-bond donors (Lipinski definition) is 2. The van der Waals surface area contributed by atoms with E-state index in [9.17, 15) is 5.11 Å². The summed E-state index contributed by atoms with van der Waals surface area (Å²) in [6.45, 7) is 0.358. The second-order valence-corrected chi connectivity index (χ2v) is 4.29. The maximum absolute atomic E-state index is 10.0. The zero-order valence-electron chi connectivity index (χ0n) is 10.3. The molecule has 4 heteroatoms. The van der Waals surface area contributed by atoms with Crippen LogP contribution in [-0.4, -0.2) is 16.6 Å². The van der Waals surface area contributed by atoms with Crippen LogP contribution in [-0.2, 0) is 0 Å². The Morgan fingerprint density at radius 1 is 1.05 bits per heavy atom. The van der Waals surface area contributed by atoms with Crippen LogP contribution in [0, 0.1) is 0 Å². The normalized spacial score (nSPS) is 12.5. The maximum atomic E-state index is 10.0. The Hall–Kier alpha value is -2.33. The third-order valence-electron chi connectivity index (χ3n) is 2.92. The van der Waals surface area contributed by atoms with Gasteiger partial charge in [0.25, 0.3) is 6.01 Å². The van der Waals surface area contributed by atoms with Crippen molar-refractivity contribution in [3.63, 3.8) is 0 Å². The first-order valence-corrected chi connectivity index (χ1v) is 6.15. The second kappa shape index (κ2) is 5.12. The average molecular weight is 254 g/mol. The third kappa shape index (κ3) is 2.58. The van der Waals surface area contributed by atoms with Crippen molar-refractivity contribution in [1.82, 2.24) is 4.98 Å². The largest absolute Gasteiger partial charge is 0.424 e. The van der Waals surface area contributed by atoms with Gasteiger partial charge in [-0.15, -0.1) is 0 Å². The zero-order valence-corrected chi connectivity index (χ0v) is 10.3. The summed E-state index contributed by atoms with van der Waals surface area (Å²) in [4.78, 5) is 4.29. The van der Waals surface area contributed by atoms with E-state index in [4.69, 9.17) is 4.42 Å². The molecule has 4 nitrogen and oxygen atoms in total. The molecular weight excluding hydrogens is 240 g/mol. The molecule has 1 aromatic heterocycles. The molecule has 1 atom stereocenters. The number of nitrogens with one attached hydrogen (secondary N) is 1. The molecule has 0 saturated carbocycles. The van der Waals surface area contributed by atoms with E-state index in [1.54, 1.807) is 0 Å². The summed E-state index contributed by atoms with van der Waals surface area (Å²) in [6.07, 6.45) is -0.587. The molecule has 2 N–H and O–H groups in total. The van der Waals surface area contributed by atoms with Gasteiger partial charge in [0.05, 0.1) is 6.10 Å². The molecule has 2 aromatic carbocycles. The first kappa shape index (κ1) is 11.7. The van der Waals surface area contributed by atoms with Crippen molar-refractivity contribution in [2.45, 2.75) is 6.10 Å². The van der Waals surface area contributed by atoms with Gasteiger partial charge in [0.1, 0.15) is 5.52 Å². The van der Waals surface area contributed by atoms with Crippen molar-refractivity contribution in [2.75, 3.05) is 11.9 Å². The quantitative estimate of drug-likeness (QED) is 0.751. The smallest absolute Gasteiger partial charge is 0.295 e. The summed E-state index contributed by atoms with van der Waals surface area (Å²) in [5.74, 6) is 0. The van der Waals surface area contributed by atoms with E-state index in [0.29, 0.717) is 12.6 Å². The van der Waals surface area contributed by atoms with E-state index in [1.807, 2.05) is 54.6 Å². The Labute approximate surface area is 110 Å². The minimum atomic E-state index is -0.587. The summed E-state index contributed by atoms with van der Waals surface area (Å²) in [5, 5.41) is 13.0. The van der Waals surface area contributed by atoms with Crippen LogP contribution in [0.25, 0.3) is 11.1 Å². The number of hydrogen-bond acceptors (Lipinski definition) is 4. The molecule has 0 spiro atoms. The number of nitrogens with zero attached hydrogens (tertiary/aromatic N) is 1. The number of fused-ring (bicyclic) bond motifs is 1. The summed E-state index contributed by atoms with van der Waals surface area (Å²) in [6, 6.07) is 17.5. The van der Waals surface area contributed by atoms with E-state index in [0.717, 1.165) is 16.7 Å². The number of oxazole rings is 1. The van der Waals surface area contributed by atoms with Gasteiger partial charge < -0.3 is 14.8 Å². The molecule has 1 heterocycles. The topological polar surface area (TPSA) is 58.3 Å². The van der Waals surface area contributed by atoms with Crippen LogP contribution >= 0.6 is 0 Å². The Balaban J connectivity index is 1.69. The van der Waals surface area contributed by atoms with E-state index in [2.05, 4.69) is 10.3 Å². The van der Waals surface area contributed by atoms with Crippen LogP contribution in [0.4, 0.5) is 6.01 Å². The highest BCUT2D eigenvalue weighted by molar-refractivity contribution is 5.74. The first-order chi connectivity index (χ1) is 9.33. The predicted molar refractivity (Wildman–Crippen MR) is 73.9 cm³/mol. The minimum absolute atomic E-state index is 0.358. The van der Waals surface area contributed by atoms with Crippen molar-refractivity contribution < 1.29 is 9.52 Å². The summed E-state index contributed by atoms with van der Waals surface area (Å²) in [5.41, 5.74) is 2.41. The molecule has 96 valence electrons. The molecule has 0 aliphatic rings. The number of rotatable bonds is 4. The molecule has 0 fully saturated rings. The number of para-hydroxylation sites is 2. The Kier molecular flexibility index (Phi) is 3.16. The molecule has 0 aliphatic heterocycles. The zero-order chi connectivity index (χ0) is 13.1. The Bertz CT molecular complexity index is 631. The lowest BCUT2D eigenvalue weighted by Crippen LogP contribution is -2.12. The standard InChI is InChI=1S/C15H14N2O2/c18-13(11-6-2-1-3-7-11)10-16-15-17-12-8-4-5-9-14(12)19-15/h1-9,13,18H,10H2,(H,16,17). The molecular formula is C15H14N2O2. The lowest BCUT2D eigenvalue weighted by atomic mass is 10.1. The van der Waals surface area contributed by atoms with E-state index in [1.165, 1.54) is 0 Å². The fourth-order valence-electron chi connectivity index (χ4n) is 1.92. The fourth-order valence-corrected chi connectivity index (χ4v) is 1.92. The molecule has 0 saturated heterocycles. The van der Waals surface area contributed by atoms with Gasteiger partial charge >= 0.3 is 0 Å². The summed E-state index contributed by atoms with van der Waals surface area (Å²) < 4.78 is 5.52. The molecule has 0 radical (unpaired) electrons. The lowest BCUT2D eigenvalue weighted by molar-refractivity contribution is 0.191. The SMILES string of the molecule is OC(CNc1nc2ccccc2o1)c1ccccc1. The Morgan fingerprint density at radius 3 is 2.58 bits per heavy atom. The van der Waals surface area contributed by atoms with Crippen LogP contribution in [0.5, 0.6) is 0 Å². The van der Waals surface area contributed by atoms with Crippen molar-refractivity contribution in [2.24, 2.45) is 0 Å². The van der Waals surface area contributed by atoms with E-state index >= 15 is 0 Å². The van der Waals surface area contributed by atoms with Gasteiger partial charge in [-0.05, 0) is 17.7 Å². The number of benzene rings is 2. The number of aliphatic hydroxyl groups excluding tert-OH is 1. The lowest BCUT2D eigenvalue weighted by Gasteiger charge is -2.10. The Morgan fingerprint density at radius 2 is 1.79 bits per heavy atom. The molecule has 0 bridgehead atoms. The van der Waals surface area contributed by atoms with Crippen LogP contribution < -0.4 is 5.32 Å². The third-order valence-corrected chi connectivity index (χ3v) is 2.92. The highest BCUT2D eigenvalue weighted by Gasteiger charge is 2.09. The second-order valence-electron chi connectivity index (χ2n) is 4.29. The average Bonchev–Trinajstić information content (AvgIpc) is 2.88. The van der Waals surface area contributed by atoms with Gasteiger partial charge in [-0.1, -0.05) is 42.5 Å². The summed E-state index contributed by atoms with van der Waals surface area (Å²) >= 11 is 0. The molecule has 3 rings (SSSR count). The fraction of sp³-hybridized carbons (Fsp3) is 0.133. The van der Waals surface area contributed by atoms with Gasteiger partial charge in [0.2, 0.25) is 0 Å². The first-order valence-electron chi connectivity index (χ1n) is 6.15. The highest BCUT2D eigenvalue weighted by Crippen LogP contribution is 2.19. The molecule has 3 aromatic rings. The maximum Gasteiger partial charge on any atom is 0.295 e. The summed E-state index contributed by atoms with van der Waals surface area (Å²) in [7, 11) is 0. The van der Waals surface area contributed by atoms with E-state index < -0.39 is 6.10 Å². The number of aromatic nitrogens is 1. The van der Waals surface area contributed by atoms with Crippen LogP contribution in [0.1, 0.15) is 11.7 Å². The predicted octanol–water partition coefficient (Wildman–Crippen LogP) is 2.97. The van der Waals surface area contributed by atoms with Crippen LogP contribution in [0.15, 0.2) is 59.0 Å². The van der Waals surface area contributed by atoms with Gasteiger partial charge in [-0.2, -0.15) is 4.98 Å². The van der Waals surface area contributed by atoms with Gasteiger partial charge in [-0.25, -0.2) is 0 Å². The molecule has 19 heavy (non-hydrogen) atoms. The minimum Gasteiger partial charge on any atom is -0.424 e. The van der Waals surface area contributed by atoms with Gasteiger partial charge in [0.15, 0.2) is 5.58 Å². The molecule has 1 unspecified atom stereocenters. The van der Waals surface area contributed by atoms with Crippen molar-refractivity contribution in [3.05, 3.63) is 60.2 Å². The van der Waals surface area contributed by atoms with Gasteiger partial charge in [-0.3, -0.25) is 0 Å². The number of aliphatic hydroxyl groups is 1. The molecule has 0 amide bonds. The van der Waals surface area contributed by atoms with E-state index in [-0.39, 0.29) is 0 Å². The van der Waals surface area contributed by atoms with Crippen LogP contribution in [0.2, 0.25) is 0 Å². The van der Waals surface area contributed by atoms with Crippen molar-refractivity contribution in [3.8, 4) is 0 Å². The highest BCUT2D eigenvalue weighted by atomic mass is 16.4. The number of anilines is 1. The molecule has 0 aliphatic carbocycles. The van der Waals surface area contributed by atoms with Crippen molar-refractivity contribution in [1.29, 1.82) is 0 Å².